The maximum absolute atomic E-state index is 7.12. The van der Waals surface area contributed by atoms with E-state index in [-0.39, 0.29) is 32.5 Å². The number of nitrogens with zero attached hydrogens (tertiary/aromatic N) is 4. The fraction of sp³-hybridized carbons (Fsp3) is 0.176. The van der Waals surface area contributed by atoms with Crippen molar-refractivity contribution in [2.75, 3.05) is 19.6 Å². The van der Waals surface area contributed by atoms with Gasteiger partial charge in [0.1, 0.15) is 22.3 Å². The molecular weight excluding hydrogens is 1720 g/mol. The predicted molar refractivity (Wildman–Crippen MR) is 608 cm³/mol. The zero-order chi connectivity index (χ0) is 97.9. The number of hydrogen-bond donors (Lipinski definition) is 0. The van der Waals surface area contributed by atoms with Crippen LogP contribution in [-0.2, 0) is 32.5 Å². The molecule has 0 fully saturated rings. The van der Waals surface area contributed by atoms with Crippen LogP contribution in [0.25, 0.3) is 131 Å². The molecule has 22 rings (SSSR count). The van der Waals surface area contributed by atoms with Crippen molar-refractivity contribution in [2.45, 2.75) is 156 Å². The lowest BCUT2D eigenvalue weighted by molar-refractivity contribution is 0.375. The summed E-state index contributed by atoms with van der Waals surface area (Å²) in [6, 6.07) is 158. The van der Waals surface area contributed by atoms with Gasteiger partial charge in [-0.25, -0.2) is 0 Å². The molecule has 0 aliphatic heterocycles. The third-order valence-corrected chi connectivity index (χ3v) is 29.7. The molecule has 0 unspecified atom stereocenters. The van der Waals surface area contributed by atoms with E-state index >= 15 is 0 Å². The Hall–Kier alpha value is -15.8. The lowest BCUT2D eigenvalue weighted by atomic mass is 9.72. The van der Waals surface area contributed by atoms with Crippen molar-refractivity contribution in [3.05, 3.63) is 458 Å². The number of furan rings is 2. The van der Waals surface area contributed by atoms with Gasteiger partial charge in [-0.2, -0.15) is 0 Å². The Labute approximate surface area is 836 Å². The predicted octanol–water partition coefficient (Wildman–Crippen LogP) is 39.9. The van der Waals surface area contributed by atoms with Gasteiger partial charge in [0.05, 0.1) is 22.7 Å². The van der Waals surface area contributed by atoms with Gasteiger partial charge in [0.15, 0.2) is 0 Å². The minimum absolute atomic E-state index is 0.0160. The maximum Gasteiger partial charge on any atom is 0.136 e. The molecule has 0 bridgehead atoms. The van der Waals surface area contributed by atoms with Crippen molar-refractivity contribution >= 4 is 155 Å². The number of rotatable bonds is 21. The van der Waals surface area contributed by atoms with E-state index in [9.17, 15) is 0 Å². The largest absolute Gasteiger partial charge is 0.456 e. The van der Waals surface area contributed by atoms with Gasteiger partial charge in [0, 0.05) is 89.3 Å². The first-order valence-electron chi connectivity index (χ1n) is 50.3. The minimum Gasteiger partial charge on any atom is -0.456 e. The van der Waals surface area contributed by atoms with Crippen molar-refractivity contribution in [3.63, 3.8) is 0 Å². The summed E-state index contributed by atoms with van der Waals surface area (Å²) in [5.74, 6) is 0. The van der Waals surface area contributed by atoms with E-state index < -0.39 is 0 Å². The smallest absolute Gasteiger partial charge is 0.136 e. The molecule has 0 saturated carbocycles. The average molecular weight is 1840 g/mol. The number of benzene rings is 20. The summed E-state index contributed by atoms with van der Waals surface area (Å²) < 4.78 is 14.2. The number of para-hydroxylation sites is 2. The van der Waals surface area contributed by atoms with Crippen molar-refractivity contribution in [2.24, 2.45) is 0 Å². The van der Waals surface area contributed by atoms with E-state index in [0.717, 1.165) is 190 Å². The van der Waals surface area contributed by atoms with E-state index in [4.69, 9.17) is 8.83 Å². The van der Waals surface area contributed by atoms with Crippen LogP contribution in [0.3, 0.4) is 0 Å². The topological polar surface area (TPSA) is 39.2 Å². The highest BCUT2D eigenvalue weighted by Crippen LogP contribution is 2.53. The summed E-state index contributed by atoms with van der Waals surface area (Å²) in [7, 11) is 0. The first-order valence-corrected chi connectivity index (χ1v) is 50.3. The SMILES string of the molecule is CC(C)(C)c1ccc(N(c2ccc3cc4c(cc3c2)oc2cc3cc(N(c5ccc(C(C)(C)CCC(C)(C)c6ccc(N(c7cccc(C(C)(C)C)c7)c7ccc8cc9c(cc8c7)oc7cc8cc(N(c%10cccc(C(C)(C)C)c%10)c%10ccc(C(C)(C)C)cc%10-c%10ccccc%10)ccc8cc79)c(-c7ccccc7)c6)cc5)c5ccccc5-c5ccccc5)ccc3cc24)c2ccccc2-c2ccccc2)cc1. The first kappa shape index (κ1) is 91.3. The molecule has 6 nitrogen and oxygen atoms in total. The Morgan fingerprint density at radius 3 is 0.761 bits per heavy atom. The van der Waals surface area contributed by atoms with Crippen LogP contribution in [0.5, 0.6) is 0 Å². The Morgan fingerprint density at radius 1 is 0.169 bits per heavy atom. The van der Waals surface area contributed by atoms with E-state index in [2.05, 4.69) is 555 Å². The highest BCUT2D eigenvalue weighted by atomic mass is 16.3. The highest BCUT2D eigenvalue weighted by Gasteiger charge is 2.33. The monoisotopic (exact) mass is 1840 g/mol. The number of fused-ring (bicyclic) bond motifs is 10. The van der Waals surface area contributed by atoms with Gasteiger partial charge in [0.25, 0.3) is 0 Å². The van der Waals surface area contributed by atoms with Gasteiger partial charge < -0.3 is 28.4 Å². The molecular formula is C136H122N4O2. The Morgan fingerprint density at radius 2 is 0.423 bits per heavy atom. The summed E-state index contributed by atoms with van der Waals surface area (Å²) in [6.07, 6.45) is 1.89. The van der Waals surface area contributed by atoms with Gasteiger partial charge in [0.2, 0.25) is 0 Å². The summed E-state index contributed by atoms with van der Waals surface area (Å²) in [5, 5.41) is 13.4. The first-order chi connectivity index (χ1) is 68.3. The fourth-order valence-corrected chi connectivity index (χ4v) is 21.2. The summed E-state index contributed by atoms with van der Waals surface area (Å²) in [5.41, 5.74) is 32.9. The number of hydrogen-bond acceptors (Lipinski definition) is 6. The van der Waals surface area contributed by atoms with Crippen LogP contribution >= 0.6 is 0 Å². The molecule has 2 heterocycles. The molecule has 6 heteroatoms. The quantitative estimate of drug-likeness (QED) is 0.0714. The van der Waals surface area contributed by atoms with Gasteiger partial charge in [-0.1, -0.05) is 353 Å². The zero-order valence-corrected chi connectivity index (χ0v) is 84.4. The second-order valence-electron chi connectivity index (χ2n) is 44.5. The Kier molecular flexibility index (Phi) is 23.1. The van der Waals surface area contributed by atoms with Crippen LogP contribution in [0, 0.1) is 0 Å². The van der Waals surface area contributed by atoms with Gasteiger partial charge in [-0.3, -0.25) is 0 Å². The standard InChI is InChI=1S/C136H122N4O2/c1-131(2,3)101-55-65-107(66-56-101)137(123-49-31-29-47-115(123)89-35-21-17-22-36-89)111-61-51-93-77-119-120-78-94-52-62-112(74-98(94)82-128(120)141-127(119)81-97(93)73-111)138(124-50-32-30-48-116(124)90-37-23-18-24-38-90)108-67-57-102(58-68-108)135(13,14)71-72-136(15,16)106-60-70-126(118(88-106)92-41-27-20-28-42-92)140(110-46-34-44-104(86-110)133(7,8)9)114-64-54-96-80-122-121-79-95-53-63-113(75-99(95)83-129(121)142-130(122)84-100(96)76-114)139(109-45-33-43-103(85-109)132(4,5)6)125-69-59-105(134(10,11)12)87-117(125)91-39-25-19-26-40-91/h17-70,73-88H,71-72H2,1-16H3. The second kappa shape index (κ2) is 35.8. The van der Waals surface area contributed by atoms with Crippen LogP contribution in [0.4, 0.5) is 68.2 Å². The molecule has 22 aromatic rings. The molecule has 0 spiro atoms. The summed E-state index contributed by atoms with van der Waals surface area (Å²) >= 11 is 0. The van der Waals surface area contributed by atoms with Crippen molar-refractivity contribution in [1.29, 1.82) is 0 Å². The molecule has 142 heavy (non-hydrogen) atoms. The van der Waals surface area contributed by atoms with Gasteiger partial charge in [-0.15, -0.1) is 0 Å². The van der Waals surface area contributed by atoms with Crippen molar-refractivity contribution in [3.8, 4) is 44.5 Å². The van der Waals surface area contributed by atoms with Crippen molar-refractivity contribution in [1.82, 2.24) is 0 Å². The van der Waals surface area contributed by atoms with Gasteiger partial charge >= 0.3 is 0 Å². The van der Waals surface area contributed by atoms with E-state index in [0.29, 0.717) is 0 Å². The third kappa shape index (κ3) is 17.6. The molecule has 0 aliphatic rings. The van der Waals surface area contributed by atoms with Crippen LogP contribution in [0.1, 0.15) is 157 Å². The van der Waals surface area contributed by atoms with E-state index in [1.165, 1.54) is 55.6 Å². The molecule has 20 aromatic carbocycles. The maximum atomic E-state index is 7.12. The van der Waals surface area contributed by atoms with E-state index in [1.807, 2.05) is 0 Å². The molecule has 0 aliphatic carbocycles. The molecule has 0 radical (unpaired) electrons. The minimum atomic E-state index is -0.227. The van der Waals surface area contributed by atoms with Gasteiger partial charge in [-0.05, 0) is 326 Å². The van der Waals surface area contributed by atoms with Crippen molar-refractivity contribution < 1.29 is 8.83 Å². The summed E-state index contributed by atoms with van der Waals surface area (Å²) in [4.78, 5) is 9.79. The molecule has 0 amide bonds. The van der Waals surface area contributed by atoms with E-state index in [1.54, 1.807) is 0 Å². The molecule has 0 saturated heterocycles. The normalized spacial score (nSPS) is 12.4. The molecule has 0 atom stereocenters. The Bertz CT molecular complexity index is 8550. The van der Waals surface area contributed by atoms with Crippen LogP contribution in [-0.4, -0.2) is 0 Å². The Balaban J connectivity index is 0.572. The molecule has 698 valence electrons. The number of anilines is 12. The van der Waals surface area contributed by atoms with Crippen LogP contribution < -0.4 is 19.6 Å². The third-order valence-electron chi connectivity index (χ3n) is 29.7. The molecule has 0 N–H and O–H groups in total. The summed E-state index contributed by atoms with van der Waals surface area (Å²) in [6.45, 7) is 37.3. The zero-order valence-electron chi connectivity index (χ0n) is 84.4. The lowest BCUT2D eigenvalue weighted by Gasteiger charge is -2.34. The highest BCUT2D eigenvalue weighted by molar-refractivity contribution is 6.16. The average Bonchev–Trinajstić information content (AvgIpc) is 1.42. The van der Waals surface area contributed by atoms with Crippen LogP contribution in [0.2, 0.25) is 0 Å². The van der Waals surface area contributed by atoms with Crippen LogP contribution in [0.15, 0.2) is 433 Å². The lowest BCUT2D eigenvalue weighted by Crippen LogP contribution is -2.24. The second-order valence-corrected chi connectivity index (χ2v) is 44.5. The molecule has 2 aromatic heterocycles. The fourth-order valence-electron chi connectivity index (χ4n) is 21.2.